The van der Waals surface area contributed by atoms with Gasteiger partial charge in [0.2, 0.25) is 0 Å². The summed E-state index contributed by atoms with van der Waals surface area (Å²) in [4.78, 5) is 48.2. The van der Waals surface area contributed by atoms with Gasteiger partial charge in [0, 0.05) is 34.8 Å². The Labute approximate surface area is 242 Å². The highest BCUT2D eigenvalue weighted by molar-refractivity contribution is 8.00. The molecule has 220 valence electrons. The number of carboxylic acids is 1. The number of hydrogen-bond donors (Lipinski definition) is 4. The minimum absolute atomic E-state index is 0.117. The SMILES string of the molecule is CO/N=C(\C(=O)N[C@H]1C(=O)N2C(C(=O)[O-])=C(C[n+]3cccc4c3CCCC4)CS[C@@H]12)c1csc(N)n1.O=S(=O)(O)O. The number of nitrogens with one attached hydrogen (secondary N) is 1. The molecule has 0 unspecified atom stereocenters. The fourth-order valence-electron chi connectivity index (χ4n) is 4.82. The molecule has 5 N–H and O–H groups in total. The van der Waals surface area contributed by atoms with Gasteiger partial charge in [-0.25, -0.2) is 4.98 Å². The third-order valence-electron chi connectivity index (χ3n) is 6.44. The number of oxime groups is 1. The number of thioether (sulfide) groups is 1. The van der Waals surface area contributed by atoms with Gasteiger partial charge in [-0.3, -0.25) is 23.6 Å². The summed E-state index contributed by atoms with van der Waals surface area (Å²) in [6, 6.07) is 3.16. The smallest absolute Gasteiger partial charge is 0.394 e. The van der Waals surface area contributed by atoms with Crippen LogP contribution >= 0.6 is 23.1 Å². The van der Waals surface area contributed by atoms with Gasteiger partial charge >= 0.3 is 10.4 Å². The lowest BCUT2D eigenvalue weighted by atomic mass is 9.95. The van der Waals surface area contributed by atoms with E-state index in [-0.39, 0.29) is 22.2 Å². The third kappa shape index (κ3) is 7.02. The number of pyridine rings is 1. The molecule has 2 atom stereocenters. The maximum absolute atomic E-state index is 13.1. The van der Waals surface area contributed by atoms with E-state index < -0.39 is 39.6 Å². The molecule has 2 aromatic heterocycles. The summed E-state index contributed by atoms with van der Waals surface area (Å²) < 4.78 is 33.7. The van der Waals surface area contributed by atoms with Gasteiger partial charge in [0.25, 0.3) is 11.8 Å². The molecule has 18 heteroatoms. The minimum atomic E-state index is -4.67. The molecule has 1 fully saturated rings. The molecule has 2 aliphatic heterocycles. The van der Waals surface area contributed by atoms with E-state index in [9.17, 15) is 19.5 Å². The first-order chi connectivity index (χ1) is 19.4. The van der Waals surface area contributed by atoms with Gasteiger partial charge in [0.05, 0.1) is 11.7 Å². The van der Waals surface area contributed by atoms with Crippen LogP contribution < -0.4 is 20.7 Å². The van der Waals surface area contributed by atoms with E-state index in [1.807, 2.05) is 12.3 Å². The maximum atomic E-state index is 13.1. The van der Waals surface area contributed by atoms with Crippen LogP contribution in [0.3, 0.4) is 0 Å². The van der Waals surface area contributed by atoms with Gasteiger partial charge in [0.15, 0.2) is 29.3 Å². The van der Waals surface area contributed by atoms with Crippen LogP contribution in [0.15, 0.2) is 40.1 Å². The molecule has 3 aliphatic rings. The second-order valence-corrected chi connectivity index (χ2v) is 11.9. The van der Waals surface area contributed by atoms with Crippen LogP contribution in [0, 0.1) is 0 Å². The van der Waals surface area contributed by atoms with Crippen molar-refractivity contribution in [2.75, 3.05) is 18.6 Å². The number of fused-ring (bicyclic) bond motifs is 2. The van der Waals surface area contributed by atoms with Crippen molar-refractivity contribution in [3.05, 3.63) is 51.9 Å². The zero-order chi connectivity index (χ0) is 29.9. The summed E-state index contributed by atoms with van der Waals surface area (Å²) in [5, 5.41) is 19.8. The maximum Gasteiger partial charge on any atom is 0.394 e. The molecule has 0 saturated carbocycles. The zero-order valence-corrected chi connectivity index (χ0v) is 24.0. The van der Waals surface area contributed by atoms with Gasteiger partial charge in [0.1, 0.15) is 24.2 Å². The molecule has 1 aliphatic carbocycles. The fraction of sp³-hybridized carbons (Fsp3) is 0.391. The Kier molecular flexibility index (Phi) is 9.27. The molecule has 0 spiro atoms. The van der Waals surface area contributed by atoms with Crippen LogP contribution in [0.2, 0.25) is 0 Å². The molecule has 41 heavy (non-hydrogen) atoms. The van der Waals surface area contributed by atoms with Gasteiger partial charge < -0.3 is 25.8 Å². The summed E-state index contributed by atoms with van der Waals surface area (Å²) in [6.45, 7) is 0.364. The molecular weight excluding hydrogens is 600 g/mol. The van der Waals surface area contributed by atoms with Crippen LogP contribution in [0.4, 0.5) is 5.13 Å². The quantitative estimate of drug-likeness (QED) is 0.0924. The van der Waals surface area contributed by atoms with E-state index in [4.69, 9.17) is 28.1 Å². The monoisotopic (exact) mass is 626 g/mol. The van der Waals surface area contributed by atoms with Crippen LogP contribution in [0.1, 0.15) is 29.8 Å². The average Bonchev–Trinajstić information content (AvgIpc) is 3.34. The largest absolute Gasteiger partial charge is 0.543 e. The number of carbonyl (C=O) groups excluding carboxylic acids is 3. The summed E-state index contributed by atoms with van der Waals surface area (Å²) in [5.74, 6) is -2.20. The summed E-state index contributed by atoms with van der Waals surface area (Å²) in [5.41, 5.74) is 8.72. The second kappa shape index (κ2) is 12.5. The van der Waals surface area contributed by atoms with Crippen molar-refractivity contribution in [2.45, 2.75) is 43.6 Å². The zero-order valence-electron chi connectivity index (χ0n) is 21.5. The summed E-state index contributed by atoms with van der Waals surface area (Å²) in [7, 11) is -3.38. The minimum Gasteiger partial charge on any atom is -0.543 e. The number of carbonyl (C=O) groups is 3. The molecule has 2 aromatic rings. The molecule has 1 saturated heterocycles. The van der Waals surface area contributed by atoms with Gasteiger partial charge in [-0.1, -0.05) is 5.16 Å². The molecule has 15 nitrogen and oxygen atoms in total. The topological polar surface area (TPSA) is 229 Å². The first-order valence-corrected chi connectivity index (χ1v) is 15.4. The lowest BCUT2D eigenvalue weighted by Crippen LogP contribution is -2.71. The molecule has 0 radical (unpaired) electrons. The number of β-lactam (4-membered cyclic amide) rings is 1. The number of aliphatic carboxylic acids is 1. The molecular formula is C23H26N6O9S3. The number of rotatable bonds is 7. The van der Waals surface area contributed by atoms with Crippen molar-refractivity contribution in [1.29, 1.82) is 0 Å². The Bertz CT molecular complexity index is 1530. The van der Waals surface area contributed by atoms with Crippen LogP contribution in [-0.4, -0.2) is 75.2 Å². The number of amides is 2. The van der Waals surface area contributed by atoms with E-state index in [2.05, 4.69) is 26.1 Å². The Morgan fingerprint density at radius 2 is 2.05 bits per heavy atom. The van der Waals surface area contributed by atoms with E-state index in [1.54, 1.807) is 5.38 Å². The number of hydrogen-bond acceptors (Lipinski definition) is 12. The highest BCUT2D eigenvalue weighted by Gasteiger charge is 2.53. The van der Waals surface area contributed by atoms with Gasteiger partial charge in [-0.15, -0.1) is 23.1 Å². The summed E-state index contributed by atoms with van der Waals surface area (Å²) >= 11 is 2.54. The normalized spacial score (nSPS) is 20.2. The predicted molar refractivity (Wildman–Crippen MR) is 145 cm³/mol. The number of nitrogens with zero attached hydrogens (tertiary/aromatic N) is 4. The number of thiazole rings is 1. The van der Waals surface area contributed by atoms with Crippen molar-refractivity contribution < 1.29 is 46.4 Å². The first-order valence-electron chi connectivity index (χ1n) is 12.1. The molecule has 0 bridgehead atoms. The van der Waals surface area contributed by atoms with E-state index in [0.29, 0.717) is 17.9 Å². The highest BCUT2D eigenvalue weighted by Crippen LogP contribution is 2.40. The van der Waals surface area contributed by atoms with E-state index in [0.717, 1.165) is 37.0 Å². The van der Waals surface area contributed by atoms with Gasteiger partial charge in [-0.05, 0) is 25.3 Å². The van der Waals surface area contributed by atoms with Crippen molar-refractivity contribution >= 4 is 62.1 Å². The Morgan fingerprint density at radius 1 is 1.34 bits per heavy atom. The van der Waals surface area contributed by atoms with Crippen LogP contribution in [-0.2, 0) is 49.0 Å². The van der Waals surface area contributed by atoms with Crippen molar-refractivity contribution in [3.8, 4) is 0 Å². The van der Waals surface area contributed by atoms with Crippen LogP contribution in [0.5, 0.6) is 0 Å². The van der Waals surface area contributed by atoms with E-state index in [1.165, 1.54) is 35.0 Å². The standard InChI is InChI=1S/C23H24N6O5S2.H2O4S/c1-34-27-16(14-11-36-23(24)25-14)19(30)26-17-20(31)29-18(22(32)33)13(10-35-21(17)29)9-28-8-4-6-12-5-2-3-7-15(12)28;1-5(2,3)4/h4,6,8,11,17,21H,2-3,5,7,9-10H2,1H3,(H3-,24,25,26,30,32,33);(H2,1,2,3,4)/b27-16-;/t17-,21-;/m0./s1. The molecule has 0 aromatic carbocycles. The first kappa shape index (κ1) is 30.4. The molecule has 5 rings (SSSR count). The van der Waals surface area contributed by atoms with Gasteiger partial charge in [-0.2, -0.15) is 13.0 Å². The highest BCUT2D eigenvalue weighted by atomic mass is 32.3. The van der Waals surface area contributed by atoms with Crippen molar-refractivity contribution in [3.63, 3.8) is 0 Å². The van der Waals surface area contributed by atoms with Crippen molar-refractivity contribution in [1.82, 2.24) is 15.2 Å². The van der Waals surface area contributed by atoms with Crippen LogP contribution in [0.25, 0.3) is 0 Å². The number of aryl methyl sites for hydroxylation is 1. The van der Waals surface area contributed by atoms with E-state index >= 15 is 0 Å². The third-order valence-corrected chi connectivity index (χ3v) is 8.45. The Morgan fingerprint density at radius 3 is 2.68 bits per heavy atom. The number of nitrogens with two attached hydrogens (primary N) is 1. The number of nitrogen functional groups attached to an aromatic ring is 1. The second-order valence-electron chi connectivity index (χ2n) is 9.06. The number of aromatic nitrogens is 2. The fourth-order valence-corrected chi connectivity index (χ4v) is 6.71. The number of carboxylic acid groups (broad SMARTS) is 1. The lowest BCUT2D eigenvalue weighted by molar-refractivity contribution is -0.697. The molecule has 4 heterocycles. The Balaban J connectivity index is 0.000000714. The number of anilines is 1. The lowest BCUT2D eigenvalue weighted by Gasteiger charge is -2.50. The predicted octanol–water partition coefficient (Wildman–Crippen LogP) is -1.31. The summed E-state index contributed by atoms with van der Waals surface area (Å²) in [6.07, 6.45) is 6.13. The average molecular weight is 627 g/mol. The van der Waals surface area contributed by atoms with Crippen molar-refractivity contribution in [2.24, 2.45) is 5.16 Å². The Hall–Kier alpha value is -3.58. The molecule has 2 amide bonds.